The molecule has 0 spiro atoms. The maximum Gasteiger partial charge on any atom is 0.488 e. The molecule has 0 unspecified atom stereocenters. The summed E-state index contributed by atoms with van der Waals surface area (Å²) in [5.74, 6) is -2.84. The SMILES string of the molecule is CC1(C)OC(=O)C(=Cc2cccc(B(O)O)c2)C(=O)O1. The number of ether oxygens (including phenoxy) is 2. The number of hydrogen-bond donors (Lipinski definition) is 2. The second kappa shape index (κ2) is 5.11. The monoisotopic (exact) mass is 276 g/mol. The molecular weight excluding hydrogens is 263 g/mol. The van der Waals surface area contributed by atoms with E-state index < -0.39 is 24.8 Å². The third-order valence-electron chi connectivity index (χ3n) is 2.64. The summed E-state index contributed by atoms with van der Waals surface area (Å²) < 4.78 is 9.92. The van der Waals surface area contributed by atoms with Gasteiger partial charge in [-0.15, -0.1) is 0 Å². The van der Waals surface area contributed by atoms with Crippen LogP contribution in [0.5, 0.6) is 0 Å². The number of carbonyl (C=O) groups excluding carboxylic acids is 2. The smallest absolute Gasteiger partial charge is 0.423 e. The first-order chi connectivity index (χ1) is 9.28. The Balaban J connectivity index is 2.33. The van der Waals surface area contributed by atoms with Crippen molar-refractivity contribution in [3.63, 3.8) is 0 Å². The van der Waals surface area contributed by atoms with Crippen LogP contribution in [0.1, 0.15) is 19.4 Å². The molecule has 7 heteroatoms. The fraction of sp³-hybridized carbons (Fsp3) is 0.231. The minimum Gasteiger partial charge on any atom is -0.423 e. The summed E-state index contributed by atoms with van der Waals surface area (Å²) in [6.45, 7) is 2.92. The first-order valence-corrected chi connectivity index (χ1v) is 5.93. The third kappa shape index (κ3) is 3.07. The highest BCUT2D eigenvalue weighted by molar-refractivity contribution is 6.58. The zero-order valence-corrected chi connectivity index (χ0v) is 11.0. The summed E-state index contributed by atoms with van der Waals surface area (Å²) in [5.41, 5.74) is 0.463. The van der Waals surface area contributed by atoms with Crippen LogP contribution in [0, 0.1) is 0 Å². The van der Waals surface area contributed by atoms with Crippen LogP contribution in [0.25, 0.3) is 6.08 Å². The summed E-state index contributed by atoms with van der Waals surface area (Å²) >= 11 is 0. The lowest BCUT2D eigenvalue weighted by Crippen LogP contribution is -2.41. The number of esters is 2. The molecule has 0 aliphatic carbocycles. The molecule has 0 amide bonds. The van der Waals surface area contributed by atoms with Crippen LogP contribution in [-0.2, 0) is 19.1 Å². The van der Waals surface area contributed by atoms with Crippen LogP contribution >= 0.6 is 0 Å². The van der Waals surface area contributed by atoms with Gasteiger partial charge in [-0.1, -0.05) is 24.3 Å². The van der Waals surface area contributed by atoms with Crippen molar-refractivity contribution in [2.45, 2.75) is 19.6 Å². The average Bonchev–Trinajstić information content (AvgIpc) is 2.33. The van der Waals surface area contributed by atoms with Gasteiger partial charge >= 0.3 is 19.1 Å². The lowest BCUT2D eigenvalue weighted by atomic mass is 9.79. The van der Waals surface area contributed by atoms with Gasteiger partial charge in [0.15, 0.2) is 0 Å². The Bertz CT molecular complexity index is 568. The number of hydrogen-bond acceptors (Lipinski definition) is 6. The predicted molar refractivity (Wildman–Crippen MR) is 70.5 cm³/mol. The zero-order valence-electron chi connectivity index (χ0n) is 11.0. The number of rotatable bonds is 2. The van der Waals surface area contributed by atoms with Crippen LogP contribution in [0.2, 0.25) is 0 Å². The van der Waals surface area contributed by atoms with E-state index in [4.69, 9.17) is 19.5 Å². The molecule has 1 aliphatic rings. The van der Waals surface area contributed by atoms with Crippen molar-refractivity contribution in [3.05, 3.63) is 35.4 Å². The van der Waals surface area contributed by atoms with Gasteiger partial charge in [0.2, 0.25) is 0 Å². The fourth-order valence-electron chi connectivity index (χ4n) is 1.75. The highest BCUT2D eigenvalue weighted by Gasteiger charge is 2.38. The van der Waals surface area contributed by atoms with Crippen molar-refractivity contribution >= 4 is 30.6 Å². The predicted octanol–water partition coefficient (Wildman–Crippen LogP) is -0.414. The molecule has 1 fully saturated rings. The van der Waals surface area contributed by atoms with Crippen molar-refractivity contribution in [1.29, 1.82) is 0 Å². The van der Waals surface area contributed by atoms with Gasteiger partial charge in [0.05, 0.1) is 0 Å². The third-order valence-corrected chi connectivity index (χ3v) is 2.64. The van der Waals surface area contributed by atoms with E-state index in [9.17, 15) is 9.59 Å². The van der Waals surface area contributed by atoms with Crippen molar-refractivity contribution in [2.75, 3.05) is 0 Å². The summed E-state index contributed by atoms with van der Waals surface area (Å²) in [6.07, 6.45) is 1.28. The molecule has 6 nitrogen and oxygen atoms in total. The first-order valence-electron chi connectivity index (χ1n) is 5.93. The Labute approximate surface area is 115 Å². The van der Waals surface area contributed by atoms with Crippen LogP contribution in [-0.4, -0.2) is 34.9 Å². The number of carbonyl (C=O) groups is 2. The van der Waals surface area contributed by atoms with Gasteiger partial charge in [0.1, 0.15) is 5.57 Å². The molecule has 20 heavy (non-hydrogen) atoms. The molecule has 1 aliphatic heterocycles. The molecule has 0 bridgehead atoms. The normalized spacial score (nSPS) is 17.3. The first kappa shape index (κ1) is 14.3. The van der Waals surface area contributed by atoms with E-state index in [0.717, 1.165) is 0 Å². The standard InChI is InChI=1S/C13H13BO6/c1-13(2)19-11(15)10(12(16)20-13)7-8-4-3-5-9(6-8)14(17)18/h3-7,17-18H,1-2H3. The Morgan fingerprint density at radius 1 is 1.15 bits per heavy atom. The molecule has 2 N–H and O–H groups in total. The second-order valence-electron chi connectivity index (χ2n) is 4.78. The Morgan fingerprint density at radius 2 is 1.75 bits per heavy atom. The van der Waals surface area contributed by atoms with Gasteiger partial charge in [0, 0.05) is 13.8 Å². The molecular formula is C13H13BO6. The zero-order chi connectivity index (χ0) is 14.9. The maximum atomic E-state index is 11.8. The van der Waals surface area contributed by atoms with E-state index in [1.165, 1.54) is 32.1 Å². The largest absolute Gasteiger partial charge is 0.488 e. The van der Waals surface area contributed by atoms with E-state index in [1.54, 1.807) is 12.1 Å². The number of cyclic esters (lactones) is 2. The minimum atomic E-state index is -1.63. The molecule has 2 rings (SSSR count). The lowest BCUT2D eigenvalue weighted by molar-refractivity contribution is -0.222. The van der Waals surface area contributed by atoms with Crippen LogP contribution in [0.3, 0.4) is 0 Å². The second-order valence-corrected chi connectivity index (χ2v) is 4.78. The molecule has 1 heterocycles. The van der Waals surface area contributed by atoms with Crippen LogP contribution < -0.4 is 5.46 Å². The van der Waals surface area contributed by atoms with E-state index in [2.05, 4.69) is 0 Å². The van der Waals surface area contributed by atoms with Gasteiger partial charge < -0.3 is 19.5 Å². The summed E-state index contributed by atoms with van der Waals surface area (Å²) in [7, 11) is -1.63. The van der Waals surface area contributed by atoms with Gasteiger partial charge in [-0.25, -0.2) is 9.59 Å². The van der Waals surface area contributed by atoms with Crippen LogP contribution in [0.4, 0.5) is 0 Å². The van der Waals surface area contributed by atoms with Crippen molar-refractivity contribution < 1.29 is 29.1 Å². The molecule has 1 saturated heterocycles. The van der Waals surface area contributed by atoms with E-state index in [-0.39, 0.29) is 11.0 Å². The van der Waals surface area contributed by atoms with Gasteiger partial charge in [-0.3, -0.25) is 0 Å². The van der Waals surface area contributed by atoms with Crippen molar-refractivity contribution in [3.8, 4) is 0 Å². The molecule has 104 valence electrons. The van der Waals surface area contributed by atoms with Gasteiger partial charge in [-0.2, -0.15) is 0 Å². The topological polar surface area (TPSA) is 93.1 Å². The molecule has 0 atom stereocenters. The highest BCUT2D eigenvalue weighted by Crippen LogP contribution is 2.23. The lowest BCUT2D eigenvalue weighted by Gasteiger charge is -2.29. The molecule has 0 aromatic heterocycles. The summed E-state index contributed by atoms with van der Waals surface area (Å²) in [6, 6.07) is 6.13. The Morgan fingerprint density at radius 3 is 2.30 bits per heavy atom. The highest BCUT2D eigenvalue weighted by atomic mass is 16.7. The summed E-state index contributed by atoms with van der Waals surface area (Å²) in [4.78, 5) is 23.5. The van der Waals surface area contributed by atoms with Crippen molar-refractivity contribution in [2.24, 2.45) is 0 Å². The maximum absolute atomic E-state index is 11.8. The van der Waals surface area contributed by atoms with Gasteiger partial charge in [-0.05, 0) is 17.1 Å². The molecule has 0 saturated carbocycles. The quantitative estimate of drug-likeness (QED) is 0.330. The summed E-state index contributed by atoms with van der Waals surface area (Å²) in [5, 5.41) is 18.2. The van der Waals surface area contributed by atoms with E-state index >= 15 is 0 Å². The number of benzene rings is 1. The minimum absolute atomic E-state index is 0.242. The Hall–Kier alpha value is -2.12. The fourth-order valence-corrected chi connectivity index (χ4v) is 1.75. The van der Waals surface area contributed by atoms with Crippen LogP contribution in [0.15, 0.2) is 29.8 Å². The van der Waals surface area contributed by atoms with E-state index in [1.807, 2.05) is 0 Å². The van der Waals surface area contributed by atoms with Crippen molar-refractivity contribution in [1.82, 2.24) is 0 Å². The molecule has 0 radical (unpaired) electrons. The van der Waals surface area contributed by atoms with E-state index in [0.29, 0.717) is 5.56 Å². The Kier molecular flexibility index (Phi) is 3.65. The molecule has 1 aromatic carbocycles. The van der Waals surface area contributed by atoms with Gasteiger partial charge in [0.25, 0.3) is 5.79 Å². The average molecular weight is 276 g/mol. The molecule has 1 aromatic rings.